The van der Waals surface area contributed by atoms with Gasteiger partial charge in [0.05, 0.1) is 13.3 Å². The molecule has 0 atom stereocenters. The second-order valence-corrected chi connectivity index (χ2v) is 6.73. The van der Waals surface area contributed by atoms with Crippen LogP contribution in [0, 0.1) is 0 Å². The number of para-hydroxylation sites is 1. The largest absolute Gasteiger partial charge is 0.497 e. The molecule has 3 aromatic carbocycles. The van der Waals surface area contributed by atoms with E-state index in [1.807, 2.05) is 42.5 Å². The maximum atomic E-state index is 12.0. The summed E-state index contributed by atoms with van der Waals surface area (Å²) >= 11 is 5.19. The molecule has 7 nitrogen and oxygen atoms in total. The van der Waals surface area contributed by atoms with Gasteiger partial charge in [-0.15, -0.1) is 0 Å². The molecule has 0 aliphatic heterocycles. The zero-order chi connectivity index (χ0) is 21.9. The standard InChI is InChI=1S/C23H22N4O3S/c1-29-20-13-9-19(10-14-20)25-22(28)16-30-21-11-7-17(8-12-21)15-24-27-23(31)26-18-5-3-2-4-6-18/h2-15H,16H2,1H3,(H,25,28)(H2,26,27,31)/b24-15-. The van der Waals surface area contributed by atoms with E-state index in [4.69, 9.17) is 21.7 Å². The van der Waals surface area contributed by atoms with E-state index < -0.39 is 0 Å². The molecular weight excluding hydrogens is 412 g/mol. The lowest BCUT2D eigenvalue weighted by Gasteiger charge is -2.08. The van der Waals surface area contributed by atoms with Crippen LogP contribution in [-0.4, -0.2) is 31.0 Å². The van der Waals surface area contributed by atoms with Crippen molar-refractivity contribution in [3.63, 3.8) is 0 Å². The average Bonchev–Trinajstić information content (AvgIpc) is 2.80. The van der Waals surface area contributed by atoms with Gasteiger partial charge in [0.25, 0.3) is 5.91 Å². The third-order valence-electron chi connectivity index (χ3n) is 4.04. The molecule has 0 bridgehead atoms. The van der Waals surface area contributed by atoms with Crippen molar-refractivity contribution in [3.05, 3.63) is 84.4 Å². The Bertz CT molecular complexity index is 1020. The van der Waals surface area contributed by atoms with Gasteiger partial charge in [-0.1, -0.05) is 18.2 Å². The third-order valence-corrected chi connectivity index (χ3v) is 4.23. The summed E-state index contributed by atoms with van der Waals surface area (Å²) in [4.78, 5) is 12.0. The van der Waals surface area contributed by atoms with E-state index in [-0.39, 0.29) is 12.5 Å². The lowest BCUT2D eigenvalue weighted by Crippen LogP contribution is -2.23. The lowest BCUT2D eigenvalue weighted by atomic mass is 10.2. The zero-order valence-corrected chi connectivity index (χ0v) is 17.7. The van der Waals surface area contributed by atoms with E-state index in [9.17, 15) is 4.79 Å². The summed E-state index contributed by atoms with van der Waals surface area (Å²) in [6, 6.07) is 23.9. The second-order valence-electron chi connectivity index (χ2n) is 6.32. The smallest absolute Gasteiger partial charge is 0.262 e. The number of anilines is 2. The highest BCUT2D eigenvalue weighted by Gasteiger charge is 2.04. The van der Waals surface area contributed by atoms with Crippen LogP contribution in [0.4, 0.5) is 11.4 Å². The molecule has 0 unspecified atom stereocenters. The van der Waals surface area contributed by atoms with Crippen LogP contribution < -0.4 is 25.5 Å². The number of benzene rings is 3. The molecule has 0 aliphatic carbocycles. The number of hydrogen-bond donors (Lipinski definition) is 3. The maximum Gasteiger partial charge on any atom is 0.262 e. The summed E-state index contributed by atoms with van der Waals surface area (Å²) in [6.45, 7) is -0.0968. The fourth-order valence-electron chi connectivity index (χ4n) is 2.52. The van der Waals surface area contributed by atoms with Crippen molar-refractivity contribution in [1.82, 2.24) is 5.43 Å². The van der Waals surface area contributed by atoms with Gasteiger partial charge in [-0.2, -0.15) is 5.10 Å². The molecule has 3 N–H and O–H groups in total. The fourth-order valence-corrected chi connectivity index (χ4v) is 2.69. The van der Waals surface area contributed by atoms with Crippen LogP contribution >= 0.6 is 12.2 Å². The van der Waals surface area contributed by atoms with Gasteiger partial charge in [-0.05, 0) is 78.4 Å². The van der Waals surface area contributed by atoms with Crippen molar-refractivity contribution in [2.75, 3.05) is 24.4 Å². The molecule has 0 aromatic heterocycles. The van der Waals surface area contributed by atoms with E-state index in [0.717, 1.165) is 17.0 Å². The van der Waals surface area contributed by atoms with Crippen LogP contribution in [0.3, 0.4) is 0 Å². The molecule has 0 spiro atoms. The molecule has 3 aromatic rings. The first-order chi connectivity index (χ1) is 15.1. The molecule has 31 heavy (non-hydrogen) atoms. The summed E-state index contributed by atoms with van der Waals surface area (Å²) in [5.41, 5.74) is 5.17. The fraction of sp³-hybridized carbons (Fsp3) is 0.0870. The summed E-state index contributed by atoms with van der Waals surface area (Å²) in [6.07, 6.45) is 1.64. The molecule has 3 rings (SSSR count). The van der Waals surface area contributed by atoms with Gasteiger partial charge in [-0.25, -0.2) is 0 Å². The maximum absolute atomic E-state index is 12.0. The van der Waals surface area contributed by atoms with Gasteiger partial charge in [0.15, 0.2) is 11.7 Å². The van der Waals surface area contributed by atoms with E-state index in [0.29, 0.717) is 16.5 Å². The minimum atomic E-state index is -0.251. The Morgan fingerprint density at radius 2 is 1.55 bits per heavy atom. The van der Waals surface area contributed by atoms with Crippen molar-refractivity contribution in [3.8, 4) is 11.5 Å². The Kier molecular flexibility index (Phi) is 7.96. The van der Waals surface area contributed by atoms with Crippen molar-refractivity contribution in [2.45, 2.75) is 0 Å². The number of carbonyl (C=O) groups is 1. The van der Waals surface area contributed by atoms with Crippen LogP contribution in [0.1, 0.15) is 5.56 Å². The Labute approximate surface area is 186 Å². The number of thiocarbonyl (C=S) groups is 1. The van der Waals surface area contributed by atoms with E-state index in [1.165, 1.54) is 0 Å². The molecule has 0 aliphatic rings. The predicted molar refractivity (Wildman–Crippen MR) is 127 cm³/mol. The first-order valence-electron chi connectivity index (χ1n) is 9.44. The monoisotopic (exact) mass is 434 g/mol. The number of ether oxygens (including phenoxy) is 2. The highest BCUT2D eigenvalue weighted by atomic mass is 32.1. The van der Waals surface area contributed by atoms with Crippen molar-refractivity contribution < 1.29 is 14.3 Å². The van der Waals surface area contributed by atoms with Crippen LogP contribution in [0.5, 0.6) is 11.5 Å². The van der Waals surface area contributed by atoms with Gasteiger partial charge in [0.2, 0.25) is 0 Å². The van der Waals surface area contributed by atoms with Gasteiger partial charge < -0.3 is 20.1 Å². The molecule has 0 fully saturated rings. The first-order valence-corrected chi connectivity index (χ1v) is 9.85. The quantitative estimate of drug-likeness (QED) is 0.282. The summed E-state index contributed by atoms with van der Waals surface area (Å²) in [7, 11) is 1.59. The molecule has 0 saturated carbocycles. The van der Waals surface area contributed by atoms with Crippen LogP contribution in [0.2, 0.25) is 0 Å². The van der Waals surface area contributed by atoms with Gasteiger partial charge in [-0.3, -0.25) is 10.2 Å². The normalized spacial score (nSPS) is 10.4. The van der Waals surface area contributed by atoms with E-state index in [2.05, 4.69) is 21.2 Å². The Morgan fingerprint density at radius 1 is 0.903 bits per heavy atom. The summed E-state index contributed by atoms with van der Waals surface area (Å²) in [5, 5.41) is 10.3. The van der Waals surface area contributed by atoms with Crippen molar-refractivity contribution in [1.29, 1.82) is 0 Å². The minimum Gasteiger partial charge on any atom is -0.497 e. The number of amides is 1. The average molecular weight is 435 g/mol. The predicted octanol–water partition coefficient (Wildman–Crippen LogP) is 4.03. The van der Waals surface area contributed by atoms with E-state index in [1.54, 1.807) is 49.7 Å². The number of hydrazone groups is 1. The summed E-state index contributed by atoms with van der Waals surface area (Å²) in [5.74, 6) is 1.05. The number of methoxy groups -OCH3 is 1. The van der Waals surface area contributed by atoms with Gasteiger partial charge in [0, 0.05) is 11.4 Å². The molecule has 1 amide bonds. The topological polar surface area (TPSA) is 84.0 Å². The molecule has 0 heterocycles. The number of rotatable bonds is 8. The highest BCUT2D eigenvalue weighted by molar-refractivity contribution is 7.80. The Hall–Kier alpha value is -3.91. The number of carbonyl (C=O) groups excluding carboxylic acids is 1. The lowest BCUT2D eigenvalue weighted by molar-refractivity contribution is -0.118. The zero-order valence-electron chi connectivity index (χ0n) is 16.9. The molecular formula is C23H22N4O3S. The van der Waals surface area contributed by atoms with Gasteiger partial charge >= 0.3 is 0 Å². The second kappa shape index (κ2) is 11.3. The van der Waals surface area contributed by atoms with E-state index >= 15 is 0 Å². The molecule has 158 valence electrons. The highest BCUT2D eigenvalue weighted by Crippen LogP contribution is 2.15. The van der Waals surface area contributed by atoms with Crippen molar-refractivity contribution >= 4 is 40.8 Å². The van der Waals surface area contributed by atoms with Gasteiger partial charge in [0.1, 0.15) is 11.5 Å². The Balaban J connectivity index is 1.41. The molecule has 8 heteroatoms. The van der Waals surface area contributed by atoms with Crippen molar-refractivity contribution in [2.24, 2.45) is 5.10 Å². The van der Waals surface area contributed by atoms with Crippen LogP contribution in [-0.2, 0) is 4.79 Å². The van der Waals surface area contributed by atoms with Crippen LogP contribution in [0.15, 0.2) is 84.0 Å². The number of hydrogen-bond acceptors (Lipinski definition) is 5. The number of nitrogens with zero attached hydrogens (tertiary/aromatic N) is 1. The molecule has 0 radical (unpaired) electrons. The van der Waals surface area contributed by atoms with Crippen LogP contribution in [0.25, 0.3) is 0 Å². The SMILES string of the molecule is COc1ccc(NC(=O)COc2ccc(/C=N\NC(=S)Nc3ccccc3)cc2)cc1. The number of nitrogens with one attached hydrogen (secondary N) is 3. The molecule has 0 saturated heterocycles. The Morgan fingerprint density at radius 3 is 2.23 bits per heavy atom. The minimum absolute atomic E-state index is 0.0968. The third kappa shape index (κ3) is 7.45. The summed E-state index contributed by atoms with van der Waals surface area (Å²) < 4.78 is 10.6. The first kappa shape index (κ1) is 21.8.